The molecule has 0 atom stereocenters. The first-order valence-corrected chi connectivity index (χ1v) is 20.7. The van der Waals surface area contributed by atoms with Crippen molar-refractivity contribution in [3.63, 3.8) is 0 Å². The van der Waals surface area contributed by atoms with E-state index in [2.05, 4.69) is 217 Å². The number of rotatable bonds is 5. The van der Waals surface area contributed by atoms with Crippen LogP contribution in [0, 0.1) is 0 Å². The van der Waals surface area contributed by atoms with Crippen molar-refractivity contribution in [1.29, 1.82) is 0 Å². The van der Waals surface area contributed by atoms with Gasteiger partial charge in [-0.25, -0.2) is 0 Å². The fourth-order valence-corrected chi connectivity index (χ4v) is 10.8. The van der Waals surface area contributed by atoms with Gasteiger partial charge in [0.2, 0.25) is 0 Å². The molecule has 2 heterocycles. The van der Waals surface area contributed by atoms with Crippen LogP contribution < -0.4 is 0 Å². The first-order valence-electron chi connectivity index (χ1n) is 19.9. The third-order valence-corrected chi connectivity index (χ3v) is 13.3. The van der Waals surface area contributed by atoms with Gasteiger partial charge >= 0.3 is 0 Å². The molecule has 58 heavy (non-hydrogen) atoms. The molecule has 0 amide bonds. The topological polar surface area (TPSA) is 4.93 Å². The van der Waals surface area contributed by atoms with Gasteiger partial charge in [0.05, 0.1) is 11.0 Å². The van der Waals surface area contributed by atoms with E-state index >= 15 is 0 Å². The number of hydrogen-bond acceptors (Lipinski definition) is 1. The number of fused-ring (bicyclic) bond motifs is 8. The highest BCUT2D eigenvalue weighted by atomic mass is 32.1. The molecular weight excluding hydrogens is 719 g/mol. The third-order valence-electron chi connectivity index (χ3n) is 12.0. The normalized spacial score (nSPS) is 11.8. The van der Waals surface area contributed by atoms with Gasteiger partial charge in [0.25, 0.3) is 0 Å². The summed E-state index contributed by atoms with van der Waals surface area (Å²) >= 11 is 1.91. The van der Waals surface area contributed by atoms with Crippen molar-refractivity contribution >= 4 is 74.9 Å². The predicted molar refractivity (Wildman–Crippen MR) is 250 cm³/mol. The van der Waals surface area contributed by atoms with Crippen molar-refractivity contribution in [3.8, 4) is 50.2 Å². The van der Waals surface area contributed by atoms with Crippen molar-refractivity contribution in [2.24, 2.45) is 0 Å². The Morgan fingerprint density at radius 1 is 0.276 bits per heavy atom. The summed E-state index contributed by atoms with van der Waals surface area (Å²) in [5, 5.41) is 10.2. The van der Waals surface area contributed by atoms with Crippen molar-refractivity contribution in [1.82, 2.24) is 4.57 Å². The SMILES string of the molecule is c1ccc(-c2c3ccccc3c(-c3cccc(-n4c5ccccc5c5cc(-c6cccc7c6sc6c(-c8ccccc8)cccc67)ccc54)c3)c3ccccc23)cc1. The first-order chi connectivity index (χ1) is 28.8. The van der Waals surface area contributed by atoms with E-state index in [-0.39, 0.29) is 0 Å². The maximum absolute atomic E-state index is 2.45. The van der Waals surface area contributed by atoms with Crippen LogP contribution in [0.4, 0.5) is 0 Å². The van der Waals surface area contributed by atoms with Gasteiger partial charge in [0, 0.05) is 36.6 Å². The van der Waals surface area contributed by atoms with E-state index in [4.69, 9.17) is 0 Å². The number of benzene rings is 10. The van der Waals surface area contributed by atoms with Crippen LogP contribution in [0.5, 0.6) is 0 Å². The molecule has 0 radical (unpaired) electrons. The molecule has 0 N–H and O–H groups in total. The van der Waals surface area contributed by atoms with Crippen LogP contribution >= 0.6 is 11.3 Å². The fraction of sp³-hybridized carbons (Fsp3) is 0. The van der Waals surface area contributed by atoms with Gasteiger partial charge in [-0.2, -0.15) is 0 Å². The molecule has 270 valence electrons. The molecule has 0 aliphatic carbocycles. The lowest BCUT2D eigenvalue weighted by Crippen LogP contribution is -1.95. The Morgan fingerprint density at radius 3 is 1.38 bits per heavy atom. The molecule has 0 bridgehead atoms. The molecule has 0 fully saturated rings. The zero-order valence-corrected chi connectivity index (χ0v) is 32.4. The van der Waals surface area contributed by atoms with Gasteiger partial charge in [-0.1, -0.05) is 182 Å². The van der Waals surface area contributed by atoms with Crippen molar-refractivity contribution < 1.29 is 0 Å². The fourth-order valence-electron chi connectivity index (χ4n) is 9.47. The molecule has 12 aromatic rings. The third kappa shape index (κ3) is 5.02. The molecule has 12 rings (SSSR count). The number of para-hydroxylation sites is 1. The standard InChI is InChI=1S/C56H35NS/c1-3-16-36(17-4-1)41-27-14-29-48-49-30-15-28-42(56(49)58-55(41)48)38-32-33-52-50(35-38)43-22-11-12-31-51(43)57(52)40-21-13-20-39(34-40)54-46-25-9-7-23-44(46)53(37-18-5-2-6-19-37)45-24-8-10-26-47(45)54/h1-35H. The molecule has 0 saturated carbocycles. The molecule has 1 nitrogen and oxygen atoms in total. The summed E-state index contributed by atoms with van der Waals surface area (Å²) in [4.78, 5) is 0. The summed E-state index contributed by atoms with van der Waals surface area (Å²) in [5.41, 5.74) is 13.6. The molecule has 0 aliphatic rings. The Bertz CT molecular complexity index is 3500. The van der Waals surface area contributed by atoms with E-state index in [9.17, 15) is 0 Å². The van der Waals surface area contributed by atoms with E-state index in [0.29, 0.717) is 0 Å². The van der Waals surface area contributed by atoms with E-state index < -0.39 is 0 Å². The van der Waals surface area contributed by atoms with Gasteiger partial charge in [-0.15, -0.1) is 11.3 Å². The monoisotopic (exact) mass is 753 g/mol. The quantitative estimate of drug-likeness (QED) is 0.154. The second-order valence-electron chi connectivity index (χ2n) is 15.2. The van der Waals surface area contributed by atoms with Crippen LogP contribution in [-0.2, 0) is 0 Å². The van der Waals surface area contributed by atoms with Crippen LogP contribution in [-0.4, -0.2) is 4.57 Å². The highest BCUT2D eigenvalue weighted by molar-refractivity contribution is 7.26. The zero-order valence-electron chi connectivity index (χ0n) is 31.6. The largest absolute Gasteiger partial charge is 0.309 e. The summed E-state index contributed by atoms with van der Waals surface area (Å²) in [7, 11) is 0. The molecule has 0 aliphatic heterocycles. The summed E-state index contributed by atoms with van der Waals surface area (Å²) in [6, 6.07) is 78.0. The van der Waals surface area contributed by atoms with E-state index in [1.165, 1.54) is 108 Å². The van der Waals surface area contributed by atoms with E-state index in [1.54, 1.807) is 0 Å². The lowest BCUT2D eigenvalue weighted by Gasteiger charge is -2.18. The smallest absolute Gasteiger partial charge is 0.0541 e. The molecule has 0 unspecified atom stereocenters. The summed E-state index contributed by atoms with van der Waals surface area (Å²) in [6.45, 7) is 0. The highest BCUT2D eigenvalue weighted by Gasteiger charge is 2.19. The summed E-state index contributed by atoms with van der Waals surface area (Å²) in [5.74, 6) is 0. The Hall–Kier alpha value is -7.26. The number of thiophene rings is 1. The number of hydrogen-bond donors (Lipinski definition) is 0. The number of nitrogens with zero attached hydrogens (tertiary/aromatic N) is 1. The van der Waals surface area contributed by atoms with Crippen molar-refractivity contribution in [2.45, 2.75) is 0 Å². The summed E-state index contributed by atoms with van der Waals surface area (Å²) in [6.07, 6.45) is 0. The Balaban J connectivity index is 1.05. The minimum absolute atomic E-state index is 1.15. The minimum Gasteiger partial charge on any atom is -0.309 e. The predicted octanol–water partition coefficient (Wildman–Crippen LogP) is 16.1. The maximum Gasteiger partial charge on any atom is 0.0541 e. The van der Waals surface area contributed by atoms with Gasteiger partial charge in [0.1, 0.15) is 0 Å². The summed E-state index contributed by atoms with van der Waals surface area (Å²) < 4.78 is 5.12. The van der Waals surface area contributed by atoms with Crippen LogP contribution in [0.1, 0.15) is 0 Å². The maximum atomic E-state index is 2.45. The highest BCUT2D eigenvalue weighted by Crippen LogP contribution is 2.46. The number of aromatic nitrogens is 1. The lowest BCUT2D eigenvalue weighted by atomic mass is 9.86. The van der Waals surface area contributed by atoms with Gasteiger partial charge in [-0.3, -0.25) is 0 Å². The average molecular weight is 754 g/mol. The van der Waals surface area contributed by atoms with Crippen LogP contribution in [0.3, 0.4) is 0 Å². The van der Waals surface area contributed by atoms with E-state index in [1.807, 2.05) is 11.3 Å². The van der Waals surface area contributed by atoms with Crippen LogP contribution in [0.2, 0.25) is 0 Å². The Labute approximate surface area is 340 Å². The Morgan fingerprint density at radius 2 is 0.741 bits per heavy atom. The minimum atomic E-state index is 1.15. The average Bonchev–Trinajstić information content (AvgIpc) is 3.85. The van der Waals surface area contributed by atoms with Gasteiger partial charge in [0.15, 0.2) is 0 Å². The lowest BCUT2D eigenvalue weighted by molar-refractivity contribution is 1.18. The second-order valence-corrected chi connectivity index (χ2v) is 16.2. The first kappa shape index (κ1) is 32.9. The van der Waals surface area contributed by atoms with Gasteiger partial charge in [-0.05, 0) is 96.4 Å². The van der Waals surface area contributed by atoms with E-state index in [0.717, 1.165) is 5.69 Å². The Kier molecular flexibility index (Phi) is 7.47. The second kappa shape index (κ2) is 13.2. The molecule has 0 spiro atoms. The van der Waals surface area contributed by atoms with Gasteiger partial charge < -0.3 is 4.57 Å². The molecule has 10 aromatic carbocycles. The van der Waals surface area contributed by atoms with Crippen LogP contribution in [0.15, 0.2) is 212 Å². The molecule has 2 aromatic heterocycles. The van der Waals surface area contributed by atoms with Crippen molar-refractivity contribution in [2.75, 3.05) is 0 Å². The molecular formula is C56H35NS. The molecule has 2 heteroatoms. The zero-order chi connectivity index (χ0) is 38.2. The van der Waals surface area contributed by atoms with Crippen LogP contribution in [0.25, 0.3) is 114 Å². The molecule has 0 saturated heterocycles. The van der Waals surface area contributed by atoms with Crippen molar-refractivity contribution in [3.05, 3.63) is 212 Å².